The van der Waals surface area contributed by atoms with E-state index in [1.54, 1.807) is 7.11 Å². The Labute approximate surface area is 90.4 Å². The SMILES string of the molecule is COCCCSCC(N)(CO)C1CC1. The molecular formula is C10H21NO2S. The summed E-state index contributed by atoms with van der Waals surface area (Å²) in [7, 11) is 1.72. The normalized spacial score (nSPS) is 20.8. The van der Waals surface area contributed by atoms with Gasteiger partial charge in [-0.25, -0.2) is 0 Å². The van der Waals surface area contributed by atoms with E-state index in [1.807, 2.05) is 11.8 Å². The van der Waals surface area contributed by atoms with E-state index in [0.717, 1.165) is 24.5 Å². The van der Waals surface area contributed by atoms with Gasteiger partial charge in [0.1, 0.15) is 0 Å². The molecule has 1 fully saturated rings. The lowest BCUT2D eigenvalue weighted by molar-refractivity contribution is 0.194. The van der Waals surface area contributed by atoms with Crippen LogP contribution in [0.5, 0.6) is 0 Å². The maximum Gasteiger partial charge on any atom is 0.0622 e. The molecule has 0 radical (unpaired) electrons. The Kier molecular flexibility index (Phi) is 5.23. The number of aliphatic hydroxyl groups excluding tert-OH is 1. The Morgan fingerprint density at radius 2 is 2.29 bits per heavy atom. The number of thioether (sulfide) groups is 1. The second kappa shape index (κ2) is 5.95. The Morgan fingerprint density at radius 1 is 1.57 bits per heavy atom. The van der Waals surface area contributed by atoms with Crippen LogP contribution in [0.15, 0.2) is 0 Å². The lowest BCUT2D eigenvalue weighted by Gasteiger charge is -2.26. The summed E-state index contributed by atoms with van der Waals surface area (Å²) in [5, 5.41) is 9.24. The summed E-state index contributed by atoms with van der Waals surface area (Å²) >= 11 is 1.83. The van der Waals surface area contributed by atoms with Crippen molar-refractivity contribution in [1.82, 2.24) is 0 Å². The topological polar surface area (TPSA) is 55.5 Å². The number of aliphatic hydroxyl groups is 1. The van der Waals surface area contributed by atoms with Crippen LogP contribution in [0.2, 0.25) is 0 Å². The van der Waals surface area contributed by atoms with Crippen LogP contribution >= 0.6 is 11.8 Å². The number of methoxy groups -OCH3 is 1. The Balaban J connectivity index is 2.08. The van der Waals surface area contributed by atoms with Crippen molar-refractivity contribution in [2.75, 3.05) is 31.8 Å². The van der Waals surface area contributed by atoms with Gasteiger partial charge >= 0.3 is 0 Å². The molecule has 1 aliphatic rings. The lowest BCUT2D eigenvalue weighted by Crippen LogP contribution is -2.48. The van der Waals surface area contributed by atoms with Gasteiger partial charge in [-0.3, -0.25) is 0 Å². The predicted octanol–water partition coefficient (Wildman–Crippen LogP) is 0.856. The van der Waals surface area contributed by atoms with Gasteiger partial charge in [0, 0.05) is 19.5 Å². The summed E-state index contributed by atoms with van der Waals surface area (Å²) in [6, 6.07) is 0. The summed E-state index contributed by atoms with van der Waals surface area (Å²) in [6.45, 7) is 0.933. The van der Waals surface area contributed by atoms with Crippen molar-refractivity contribution in [1.29, 1.82) is 0 Å². The number of hydrogen-bond acceptors (Lipinski definition) is 4. The molecule has 0 aliphatic heterocycles. The standard InChI is InChI=1S/C10H21NO2S/c1-13-5-2-6-14-8-10(11,7-12)9-3-4-9/h9,12H,2-8,11H2,1H3. The van der Waals surface area contributed by atoms with Gasteiger partial charge in [0.05, 0.1) is 12.1 Å². The van der Waals surface area contributed by atoms with Crippen LogP contribution < -0.4 is 5.73 Å². The summed E-state index contributed by atoms with van der Waals surface area (Å²) in [6.07, 6.45) is 3.44. The van der Waals surface area contributed by atoms with Crippen molar-refractivity contribution >= 4 is 11.8 Å². The second-order valence-corrected chi connectivity index (χ2v) is 5.17. The van der Waals surface area contributed by atoms with Crippen molar-refractivity contribution in [3.63, 3.8) is 0 Å². The zero-order valence-corrected chi connectivity index (χ0v) is 9.68. The molecule has 1 atom stereocenters. The molecule has 1 unspecified atom stereocenters. The summed E-state index contributed by atoms with van der Waals surface area (Å²) in [4.78, 5) is 0. The minimum absolute atomic E-state index is 0.120. The average molecular weight is 219 g/mol. The Morgan fingerprint density at radius 3 is 2.79 bits per heavy atom. The molecule has 0 amide bonds. The first-order valence-corrected chi connectivity index (χ1v) is 6.35. The van der Waals surface area contributed by atoms with E-state index < -0.39 is 0 Å². The van der Waals surface area contributed by atoms with Crippen molar-refractivity contribution in [2.45, 2.75) is 24.8 Å². The monoisotopic (exact) mass is 219 g/mol. The molecule has 0 heterocycles. The fraction of sp³-hybridized carbons (Fsp3) is 1.00. The van der Waals surface area contributed by atoms with Gasteiger partial charge in [0.15, 0.2) is 0 Å². The van der Waals surface area contributed by atoms with Gasteiger partial charge in [0.2, 0.25) is 0 Å². The first-order valence-electron chi connectivity index (χ1n) is 5.19. The van der Waals surface area contributed by atoms with Gasteiger partial charge < -0.3 is 15.6 Å². The molecule has 0 spiro atoms. The number of rotatable bonds is 8. The number of hydrogen-bond donors (Lipinski definition) is 2. The summed E-state index contributed by atoms with van der Waals surface area (Å²) < 4.78 is 4.97. The molecule has 0 bridgehead atoms. The van der Waals surface area contributed by atoms with Crippen LogP contribution in [-0.2, 0) is 4.74 Å². The van der Waals surface area contributed by atoms with Crippen molar-refractivity contribution in [2.24, 2.45) is 11.7 Å². The molecule has 3 nitrogen and oxygen atoms in total. The highest BCUT2D eigenvalue weighted by molar-refractivity contribution is 7.99. The molecule has 1 aliphatic carbocycles. The highest BCUT2D eigenvalue weighted by Gasteiger charge is 2.41. The highest BCUT2D eigenvalue weighted by atomic mass is 32.2. The number of ether oxygens (including phenoxy) is 1. The molecule has 1 rings (SSSR count). The van der Waals surface area contributed by atoms with Gasteiger partial charge in [-0.2, -0.15) is 11.8 Å². The fourth-order valence-electron chi connectivity index (χ4n) is 1.52. The summed E-state index contributed by atoms with van der Waals surface area (Å²) in [5.74, 6) is 2.50. The van der Waals surface area contributed by atoms with Gasteiger partial charge in [0.25, 0.3) is 0 Å². The molecule has 0 aromatic heterocycles. The van der Waals surface area contributed by atoms with E-state index in [4.69, 9.17) is 10.5 Å². The first kappa shape index (κ1) is 12.3. The van der Waals surface area contributed by atoms with E-state index in [0.29, 0.717) is 5.92 Å². The molecular weight excluding hydrogens is 198 g/mol. The Bertz CT molecular complexity index is 164. The molecule has 84 valence electrons. The lowest BCUT2D eigenvalue weighted by atomic mass is 9.99. The zero-order valence-electron chi connectivity index (χ0n) is 8.87. The average Bonchev–Trinajstić information content (AvgIpc) is 3.01. The van der Waals surface area contributed by atoms with Gasteiger partial charge in [-0.1, -0.05) is 0 Å². The zero-order chi connectivity index (χ0) is 10.4. The minimum Gasteiger partial charge on any atom is -0.394 e. The molecule has 1 saturated carbocycles. The van der Waals surface area contributed by atoms with Crippen molar-refractivity contribution in [3.05, 3.63) is 0 Å². The third-order valence-corrected chi connectivity index (χ3v) is 4.01. The van der Waals surface area contributed by atoms with E-state index in [-0.39, 0.29) is 12.1 Å². The van der Waals surface area contributed by atoms with Crippen LogP contribution in [0.25, 0.3) is 0 Å². The van der Waals surface area contributed by atoms with Crippen LogP contribution in [0, 0.1) is 5.92 Å². The molecule has 4 heteroatoms. The quantitative estimate of drug-likeness (QED) is 0.594. The van der Waals surface area contributed by atoms with Crippen LogP contribution in [0.3, 0.4) is 0 Å². The summed E-state index contributed by atoms with van der Waals surface area (Å²) in [5.41, 5.74) is 5.79. The van der Waals surface area contributed by atoms with Gasteiger partial charge in [-0.05, 0) is 30.9 Å². The van der Waals surface area contributed by atoms with E-state index in [2.05, 4.69) is 0 Å². The molecule has 0 aromatic carbocycles. The van der Waals surface area contributed by atoms with E-state index in [1.165, 1.54) is 12.8 Å². The number of nitrogens with two attached hydrogens (primary N) is 1. The van der Waals surface area contributed by atoms with E-state index in [9.17, 15) is 5.11 Å². The smallest absolute Gasteiger partial charge is 0.0622 e. The molecule has 3 N–H and O–H groups in total. The maximum atomic E-state index is 9.24. The maximum absolute atomic E-state index is 9.24. The third kappa shape index (κ3) is 3.77. The van der Waals surface area contributed by atoms with Crippen molar-refractivity contribution in [3.8, 4) is 0 Å². The van der Waals surface area contributed by atoms with Crippen LogP contribution in [-0.4, -0.2) is 42.5 Å². The van der Waals surface area contributed by atoms with Crippen molar-refractivity contribution < 1.29 is 9.84 Å². The minimum atomic E-state index is -0.322. The van der Waals surface area contributed by atoms with E-state index >= 15 is 0 Å². The predicted molar refractivity (Wildman–Crippen MR) is 60.5 cm³/mol. The highest BCUT2D eigenvalue weighted by Crippen LogP contribution is 2.39. The molecule has 14 heavy (non-hydrogen) atoms. The van der Waals surface area contributed by atoms with Crippen LogP contribution in [0.4, 0.5) is 0 Å². The molecule has 0 saturated heterocycles. The fourth-order valence-corrected chi connectivity index (χ4v) is 2.69. The molecule has 0 aromatic rings. The largest absolute Gasteiger partial charge is 0.394 e. The first-order chi connectivity index (χ1) is 6.73. The third-order valence-electron chi connectivity index (χ3n) is 2.69. The second-order valence-electron chi connectivity index (χ2n) is 4.06. The Hall–Kier alpha value is 0.230. The van der Waals surface area contributed by atoms with Gasteiger partial charge in [-0.15, -0.1) is 0 Å². The van der Waals surface area contributed by atoms with Crippen LogP contribution in [0.1, 0.15) is 19.3 Å².